The highest BCUT2D eigenvalue weighted by Gasteiger charge is 2.31. The Kier molecular flexibility index (Phi) is 4.58. The van der Waals surface area contributed by atoms with Crippen molar-refractivity contribution in [2.45, 2.75) is 25.5 Å². The summed E-state index contributed by atoms with van der Waals surface area (Å²) in [6.07, 6.45) is 2.15. The number of carbonyl (C=O) groups is 2. The van der Waals surface area contributed by atoms with Crippen LogP contribution in [0.15, 0.2) is 30.3 Å². The molecule has 0 unspecified atom stereocenters. The number of amides is 3. The van der Waals surface area contributed by atoms with Crippen molar-refractivity contribution in [3.05, 3.63) is 35.9 Å². The molecule has 3 rings (SSSR count). The van der Waals surface area contributed by atoms with Crippen LogP contribution in [0.4, 0.5) is 4.79 Å². The average Bonchev–Trinajstić information content (AvgIpc) is 3.16. The molecule has 1 atom stereocenters. The highest BCUT2D eigenvalue weighted by atomic mass is 16.5. The summed E-state index contributed by atoms with van der Waals surface area (Å²) in [5.41, 5.74) is 1.07. The number of hydrogen-bond donors (Lipinski definition) is 1. The molecular formula is C16H21N3O3. The first kappa shape index (κ1) is 14.8. The Morgan fingerprint density at radius 1 is 1.32 bits per heavy atom. The van der Waals surface area contributed by atoms with Crippen molar-refractivity contribution < 1.29 is 14.3 Å². The lowest BCUT2D eigenvalue weighted by atomic mass is 10.2. The van der Waals surface area contributed by atoms with E-state index in [1.165, 1.54) is 0 Å². The van der Waals surface area contributed by atoms with Crippen molar-refractivity contribution in [2.75, 3.05) is 26.4 Å². The predicted octanol–water partition coefficient (Wildman–Crippen LogP) is 1.18. The lowest BCUT2D eigenvalue weighted by Crippen LogP contribution is -2.42. The van der Waals surface area contributed by atoms with Gasteiger partial charge < -0.3 is 15.0 Å². The molecule has 6 heteroatoms. The van der Waals surface area contributed by atoms with Crippen molar-refractivity contribution in [1.29, 1.82) is 0 Å². The number of hydrogen-bond acceptors (Lipinski definition) is 3. The molecule has 1 aromatic carbocycles. The van der Waals surface area contributed by atoms with Gasteiger partial charge in [-0.3, -0.25) is 9.69 Å². The van der Waals surface area contributed by atoms with E-state index in [2.05, 4.69) is 5.32 Å². The van der Waals surface area contributed by atoms with Crippen molar-refractivity contribution in [3.63, 3.8) is 0 Å². The number of carbonyl (C=O) groups excluding carboxylic acids is 2. The second kappa shape index (κ2) is 6.79. The van der Waals surface area contributed by atoms with Crippen LogP contribution in [-0.2, 0) is 16.1 Å². The summed E-state index contributed by atoms with van der Waals surface area (Å²) in [7, 11) is 0. The van der Waals surface area contributed by atoms with E-state index in [0.717, 1.165) is 25.0 Å². The summed E-state index contributed by atoms with van der Waals surface area (Å²) >= 11 is 0. The third-order valence-corrected chi connectivity index (χ3v) is 4.03. The molecule has 0 bridgehead atoms. The molecule has 6 nitrogen and oxygen atoms in total. The normalized spacial score (nSPS) is 21.5. The smallest absolute Gasteiger partial charge is 0.319 e. The molecule has 0 aliphatic carbocycles. The molecule has 2 aliphatic rings. The molecule has 2 fully saturated rings. The van der Waals surface area contributed by atoms with Gasteiger partial charge in [0.2, 0.25) is 5.91 Å². The Bertz CT molecular complexity index is 529. The molecule has 22 heavy (non-hydrogen) atoms. The lowest BCUT2D eigenvalue weighted by Gasteiger charge is -2.19. The zero-order valence-corrected chi connectivity index (χ0v) is 12.5. The van der Waals surface area contributed by atoms with Gasteiger partial charge in [-0.05, 0) is 18.4 Å². The maximum atomic E-state index is 12.1. The molecular weight excluding hydrogens is 282 g/mol. The number of nitrogens with zero attached hydrogens (tertiary/aromatic N) is 2. The maximum Gasteiger partial charge on any atom is 0.319 e. The van der Waals surface area contributed by atoms with Gasteiger partial charge in [-0.2, -0.15) is 0 Å². The van der Waals surface area contributed by atoms with Gasteiger partial charge in [-0.1, -0.05) is 30.3 Å². The van der Waals surface area contributed by atoms with Crippen LogP contribution in [-0.4, -0.2) is 54.2 Å². The van der Waals surface area contributed by atoms with Crippen molar-refractivity contribution in [3.8, 4) is 0 Å². The van der Waals surface area contributed by atoms with E-state index in [-0.39, 0.29) is 24.6 Å². The second-order valence-electron chi connectivity index (χ2n) is 5.74. The third kappa shape index (κ3) is 3.57. The van der Waals surface area contributed by atoms with Crippen molar-refractivity contribution in [1.82, 2.24) is 15.1 Å². The van der Waals surface area contributed by atoms with Gasteiger partial charge >= 0.3 is 6.03 Å². The monoisotopic (exact) mass is 303 g/mol. The van der Waals surface area contributed by atoms with Gasteiger partial charge in [0.15, 0.2) is 0 Å². The first-order valence-electron chi connectivity index (χ1n) is 7.68. The molecule has 118 valence electrons. The Labute approximate surface area is 130 Å². The van der Waals surface area contributed by atoms with Crippen LogP contribution in [0.3, 0.4) is 0 Å². The summed E-state index contributed by atoms with van der Waals surface area (Å²) in [6, 6.07) is 9.60. The van der Waals surface area contributed by atoms with Gasteiger partial charge in [-0.15, -0.1) is 0 Å². The Balaban J connectivity index is 1.49. The lowest BCUT2D eigenvalue weighted by molar-refractivity contribution is -0.127. The Morgan fingerprint density at radius 2 is 2.14 bits per heavy atom. The van der Waals surface area contributed by atoms with Crippen LogP contribution >= 0.6 is 0 Å². The zero-order chi connectivity index (χ0) is 15.4. The third-order valence-electron chi connectivity index (χ3n) is 4.03. The zero-order valence-electron chi connectivity index (χ0n) is 12.5. The number of ether oxygens (including phenoxy) is 1. The van der Waals surface area contributed by atoms with Crippen LogP contribution in [0.25, 0.3) is 0 Å². The fraction of sp³-hybridized carbons (Fsp3) is 0.500. The molecule has 1 aromatic rings. The number of nitrogens with one attached hydrogen (secondary N) is 1. The summed E-state index contributed by atoms with van der Waals surface area (Å²) in [5.74, 6) is -0.0175. The topological polar surface area (TPSA) is 61.9 Å². The van der Waals surface area contributed by atoms with E-state index in [1.54, 1.807) is 9.80 Å². The molecule has 2 saturated heterocycles. The van der Waals surface area contributed by atoms with E-state index < -0.39 is 0 Å². The van der Waals surface area contributed by atoms with Crippen LogP contribution in [0.1, 0.15) is 18.4 Å². The van der Waals surface area contributed by atoms with Crippen LogP contribution < -0.4 is 5.32 Å². The van der Waals surface area contributed by atoms with Crippen LogP contribution in [0.2, 0.25) is 0 Å². The van der Waals surface area contributed by atoms with E-state index >= 15 is 0 Å². The summed E-state index contributed by atoms with van der Waals surface area (Å²) in [6.45, 7) is 2.31. The SMILES string of the molecule is O=C1CN(C(=O)NC[C@@H]2CCCO2)CN1Cc1ccccc1. The fourth-order valence-corrected chi connectivity index (χ4v) is 2.79. The van der Waals surface area contributed by atoms with Gasteiger partial charge in [0.1, 0.15) is 6.54 Å². The highest BCUT2D eigenvalue weighted by Crippen LogP contribution is 2.13. The van der Waals surface area contributed by atoms with E-state index in [0.29, 0.717) is 19.8 Å². The molecule has 0 aromatic heterocycles. The molecule has 3 amide bonds. The van der Waals surface area contributed by atoms with E-state index in [9.17, 15) is 9.59 Å². The minimum atomic E-state index is -0.195. The predicted molar refractivity (Wildman–Crippen MR) is 80.9 cm³/mol. The van der Waals surface area contributed by atoms with Gasteiger partial charge in [-0.25, -0.2) is 4.79 Å². The molecule has 0 saturated carbocycles. The molecule has 2 aliphatic heterocycles. The standard InChI is InChI=1S/C16H21N3O3/c20-15-11-19(16(21)17-9-14-7-4-8-22-14)12-18(15)10-13-5-2-1-3-6-13/h1-3,5-6,14H,4,7-12H2,(H,17,21)/t14-/m0/s1. The fourth-order valence-electron chi connectivity index (χ4n) is 2.79. The minimum absolute atomic E-state index is 0.0175. The average molecular weight is 303 g/mol. The highest BCUT2D eigenvalue weighted by molar-refractivity contribution is 5.87. The van der Waals surface area contributed by atoms with Gasteiger partial charge in [0.05, 0.1) is 12.8 Å². The number of urea groups is 1. The van der Waals surface area contributed by atoms with Crippen molar-refractivity contribution >= 4 is 11.9 Å². The molecule has 2 heterocycles. The first-order valence-corrected chi connectivity index (χ1v) is 7.68. The summed E-state index contributed by atoms with van der Waals surface area (Å²) in [4.78, 5) is 27.4. The summed E-state index contributed by atoms with van der Waals surface area (Å²) in [5, 5.41) is 2.85. The van der Waals surface area contributed by atoms with Crippen LogP contribution in [0, 0.1) is 0 Å². The number of benzene rings is 1. The summed E-state index contributed by atoms with van der Waals surface area (Å²) < 4.78 is 5.48. The quantitative estimate of drug-likeness (QED) is 0.908. The van der Waals surface area contributed by atoms with E-state index in [4.69, 9.17) is 4.74 Å². The Morgan fingerprint density at radius 3 is 2.86 bits per heavy atom. The van der Waals surface area contributed by atoms with Crippen molar-refractivity contribution in [2.24, 2.45) is 0 Å². The van der Waals surface area contributed by atoms with E-state index in [1.807, 2.05) is 30.3 Å². The second-order valence-corrected chi connectivity index (χ2v) is 5.74. The largest absolute Gasteiger partial charge is 0.376 e. The van der Waals surface area contributed by atoms with Gasteiger partial charge in [0, 0.05) is 19.7 Å². The minimum Gasteiger partial charge on any atom is -0.376 e. The first-order chi connectivity index (χ1) is 10.7. The molecule has 0 radical (unpaired) electrons. The Hall–Kier alpha value is -2.08. The van der Waals surface area contributed by atoms with Crippen LogP contribution in [0.5, 0.6) is 0 Å². The number of rotatable bonds is 4. The molecule has 0 spiro atoms. The maximum absolute atomic E-state index is 12.1. The van der Waals surface area contributed by atoms with Gasteiger partial charge in [0.25, 0.3) is 0 Å². The molecule has 1 N–H and O–H groups in total.